The first-order chi connectivity index (χ1) is 13.2. The number of rotatable bonds is 5. The molecular formula is C20H19N5O2. The molecule has 7 nitrogen and oxygen atoms in total. The van der Waals surface area contributed by atoms with Crippen LogP contribution >= 0.6 is 0 Å². The molecule has 2 heterocycles. The maximum absolute atomic E-state index is 12.9. The Labute approximate surface area is 156 Å². The van der Waals surface area contributed by atoms with Crippen LogP contribution in [0.15, 0.2) is 61.2 Å². The fraction of sp³-hybridized carbons (Fsp3) is 0.150. The highest BCUT2D eigenvalue weighted by Crippen LogP contribution is 2.25. The Morgan fingerprint density at radius 2 is 2.11 bits per heavy atom. The van der Waals surface area contributed by atoms with Gasteiger partial charge in [0.15, 0.2) is 0 Å². The number of carbonyl (C=O) groups excluding carboxylic acids is 1. The summed E-state index contributed by atoms with van der Waals surface area (Å²) in [4.78, 5) is 24.6. The van der Waals surface area contributed by atoms with E-state index in [0.29, 0.717) is 5.56 Å². The van der Waals surface area contributed by atoms with Crippen LogP contribution in [0.5, 0.6) is 5.75 Å². The van der Waals surface area contributed by atoms with Gasteiger partial charge in [-0.3, -0.25) is 4.79 Å². The molecule has 0 radical (unpaired) electrons. The number of hydrogen-bond acceptors (Lipinski definition) is 4. The fourth-order valence-electron chi connectivity index (χ4n) is 3.06. The van der Waals surface area contributed by atoms with Crippen LogP contribution in [0.3, 0.4) is 0 Å². The third kappa shape index (κ3) is 3.27. The van der Waals surface area contributed by atoms with Crippen molar-refractivity contribution in [3.05, 3.63) is 78.1 Å². The predicted molar refractivity (Wildman–Crippen MR) is 102 cm³/mol. The van der Waals surface area contributed by atoms with Gasteiger partial charge in [-0.1, -0.05) is 12.1 Å². The van der Waals surface area contributed by atoms with Gasteiger partial charge in [0.25, 0.3) is 5.91 Å². The average Bonchev–Trinajstić information content (AvgIpc) is 3.34. The number of imidazole rings is 2. The van der Waals surface area contributed by atoms with Crippen molar-refractivity contribution in [3.63, 3.8) is 0 Å². The standard InChI is InChI=1S/C20H19N5O2/c1-25-9-8-21-19(25)18(13-4-3-5-15(10-13)27-2)24-20(26)14-6-7-16-17(11-14)23-12-22-16/h3-12,18H,1-2H3,(H,22,23)(H,24,26)/t18-/m1/s1. The van der Waals surface area contributed by atoms with E-state index in [9.17, 15) is 4.79 Å². The van der Waals surface area contributed by atoms with Crippen LogP contribution in [-0.2, 0) is 7.05 Å². The van der Waals surface area contributed by atoms with E-state index in [0.717, 1.165) is 28.2 Å². The highest BCUT2D eigenvalue weighted by Gasteiger charge is 2.22. The minimum atomic E-state index is -0.412. The number of H-pyrrole nitrogens is 1. The number of benzene rings is 2. The van der Waals surface area contributed by atoms with Crippen molar-refractivity contribution in [1.82, 2.24) is 24.8 Å². The summed E-state index contributed by atoms with van der Waals surface area (Å²) >= 11 is 0. The number of hydrogen-bond donors (Lipinski definition) is 2. The number of aromatic amines is 1. The Morgan fingerprint density at radius 3 is 2.89 bits per heavy atom. The molecule has 0 unspecified atom stereocenters. The van der Waals surface area contributed by atoms with E-state index in [2.05, 4.69) is 20.3 Å². The summed E-state index contributed by atoms with van der Waals surface area (Å²) in [7, 11) is 3.52. The molecule has 136 valence electrons. The van der Waals surface area contributed by atoms with E-state index in [-0.39, 0.29) is 5.91 Å². The zero-order valence-electron chi connectivity index (χ0n) is 15.0. The van der Waals surface area contributed by atoms with Crippen LogP contribution in [0.2, 0.25) is 0 Å². The molecule has 2 N–H and O–H groups in total. The monoisotopic (exact) mass is 361 g/mol. The third-order valence-electron chi connectivity index (χ3n) is 4.50. The third-order valence-corrected chi connectivity index (χ3v) is 4.50. The largest absolute Gasteiger partial charge is 0.497 e. The fourth-order valence-corrected chi connectivity index (χ4v) is 3.06. The van der Waals surface area contributed by atoms with Crippen molar-refractivity contribution < 1.29 is 9.53 Å². The van der Waals surface area contributed by atoms with Crippen molar-refractivity contribution in [2.24, 2.45) is 7.05 Å². The number of ether oxygens (including phenoxy) is 1. The molecule has 4 rings (SSSR count). The molecule has 1 amide bonds. The number of aromatic nitrogens is 4. The number of fused-ring (bicyclic) bond motifs is 1. The second kappa shape index (κ2) is 6.95. The van der Waals surface area contributed by atoms with E-state index >= 15 is 0 Å². The molecule has 2 aromatic heterocycles. The van der Waals surface area contributed by atoms with Crippen LogP contribution in [0.4, 0.5) is 0 Å². The molecule has 4 aromatic rings. The minimum Gasteiger partial charge on any atom is -0.497 e. The van der Waals surface area contributed by atoms with E-state index in [4.69, 9.17) is 4.74 Å². The van der Waals surface area contributed by atoms with Crippen molar-refractivity contribution in [1.29, 1.82) is 0 Å². The molecule has 0 saturated carbocycles. The van der Waals surface area contributed by atoms with Gasteiger partial charge in [0.2, 0.25) is 0 Å². The molecule has 7 heteroatoms. The maximum atomic E-state index is 12.9. The summed E-state index contributed by atoms with van der Waals surface area (Å²) in [5, 5.41) is 3.09. The SMILES string of the molecule is COc1cccc([C@@H](NC(=O)c2ccc3nc[nH]c3c2)c2nccn2C)c1. The van der Waals surface area contributed by atoms with Crippen molar-refractivity contribution in [3.8, 4) is 5.75 Å². The normalized spacial score (nSPS) is 12.1. The summed E-state index contributed by atoms with van der Waals surface area (Å²) in [6.07, 6.45) is 5.18. The van der Waals surface area contributed by atoms with Gasteiger partial charge in [0.1, 0.15) is 17.6 Å². The lowest BCUT2D eigenvalue weighted by atomic mass is 10.0. The van der Waals surface area contributed by atoms with Crippen LogP contribution in [0.25, 0.3) is 11.0 Å². The van der Waals surface area contributed by atoms with E-state index in [1.54, 1.807) is 31.8 Å². The Hall–Kier alpha value is -3.61. The van der Waals surface area contributed by atoms with Gasteiger partial charge in [-0.25, -0.2) is 9.97 Å². The second-order valence-electron chi connectivity index (χ2n) is 6.21. The van der Waals surface area contributed by atoms with Gasteiger partial charge in [-0.15, -0.1) is 0 Å². The first kappa shape index (κ1) is 16.8. The first-order valence-corrected chi connectivity index (χ1v) is 8.51. The highest BCUT2D eigenvalue weighted by molar-refractivity contribution is 5.97. The second-order valence-corrected chi connectivity index (χ2v) is 6.21. The van der Waals surface area contributed by atoms with E-state index < -0.39 is 6.04 Å². The molecule has 0 fully saturated rings. The van der Waals surface area contributed by atoms with Crippen molar-refractivity contribution in [2.75, 3.05) is 7.11 Å². The molecule has 0 spiro atoms. The lowest BCUT2D eigenvalue weighted by Gasteiger charge is -2.20. The summed E-state index contributed by atoms with van der Waals surface area (Å²) in [6.45, 7) is 0. The lowest BCUT2D eigenvalue weighted by Crippen LogP contribution is -2.31. The topological polar surface area (TPSA) is 84.8 Å². The molecule has 0 aliphatic carbocycles. The van der Waals surface area contributed by atoms with Crippen molar-refractivity contribution in [2.45, 2.75) is 6.04 Å². The summed E-state index contributed by atoms with van der Waals surface area (Å²) in [6, 6.07) is 12.6. The number of nitrogens with zero attached hydrogens (tertiary/aromatic N) is 3. The Balaban J connectivity index is 1.70. The quantitative estimate of drug-likeness (QED) is 0.572. The average molecular weight is 361 g/mol. The van der Waals surface area contributed by atoms with Crippen LogP contribution in [0.1, 0.15) is 27.8 Å². The maximum Gasteiger partial charge on any atom is 0.252 e. The zero-order chi connectivity index (χ0) is 18.8. The van der Waals surface area contributed by atoms with Crippen molar-refractivity contribution >= 4 is 16.9 Å². The van der Waals surface area contributed by atoms with E-state index in [1.807, 2.05) is 48.1 Å². The number of carbonyl (C=O) groups is 1. The summed E-state index contributed by atoms with van der Waals surface area (Å²) < 4.78 is 7.22. The molecule has 0 aliphatic rings. The number of nitrogens with one attached hydrogen (secondary N) is 2. The smallest absolute Gasteiger partial charge is 0.252 e. The summed E-state index contributed by atoms with van der Waals surface area (Å²) in [5.41, 5.74) is 3.08. The van der Waals surface area contributed by atoms with Gasteiger partial charge >= 0.3 is 0 Å². The van der Waals surface area contributed by atoms with Gasteiger partial charge in [0.05, 0.1) is 24.5 Å². The molecule has 27 heavy (non-hydrogen) atoms. The Morgan fingerprint density at radius 1 is 1.22 bits per heavy atom. The van der Waals surface area contributed by atoms with Crippen LogP contribution in [0, 0.1) is 0 Å². The molecule has 0 aliphatic heterocycles. The van der Waals surface area contributed by atoms with Gasteiger partial charge in [-0.2, -0.15) is 0 Å². The molecule has 1 atom stereocenters. The zero-order valence-corrected chi connectivity index (χ0v) is 15.0. The van der Waals surface area contributed by atoms with E-state index in [1.165, 1.54) is 0 Å². The van der Waals surface area contributed by atoms with Gasteiger partial charge < -0.3 is 19.6 Å². The molecule has 0 saturated heterocycles. The minimum absolute atomic E-state index is 0.192. The lowest BCUT2D eigenvalue weighted by molar-refractivity contribution is 0.0941. The molecule has 0 bridgehead atoms. The number of aryl methyl sites for hydroxylation is 1. The number of amides is 1. The predicted octanol–water partition coefficient (Wildman–Crippen LogP) is 2.82. The first-order valence-electron chi connectivity index (χ1n) is 8.51. The van der Waals surface area contributed by atoms with Gasteiger partial charge in [0, 0.05) is 25.0 Å². The Bertz CT molecular complexity index is 1100. The Kier molecular flexibility index (Phi) is 4.33. The number of methoxy groups -OCH3 is 1. The molecule has 2 aromatic carbocycles. The highest BCUT2D eigenvalue weighted by atomic mass is 16.5. The van der Waals surface area contributed by atoms with Crippen LogP contribution in [-0.4, -0.2) is 32.5 Å². The summed E-state index contributed by atoms with van der Waals surface area (Å²) in [5.74, 6) is 1.27. The van der Waals surface area contributed by atoms with Gasteiger partial charge in [-0.05, 0) is 35.9 Å². The van der Waals surface area contributed by atoms with Crippen LogP contribution < -0.4 is 10.1 Å². The molecular weight excluding hydrogens is 342 g/mol.